The van der Waals surface area contributed by atoms with Crippen LogP contribution in [0, 0.1) is 0 Å². The van der Waals surface area contributed by atoms with E-state index in [2.05, 4.69) is 5.32 Å². The molecule has 3 heteroatoms. The Morgan fingerprint density at radius 1 is 1.50 bits per heavy atom. The molecule has 0 aromatic carbocycles. The van der Waals surface area contributed by atoms with Gasteiger partial charge in [0.2, 0.25) is 0 Å². The Balaban J connectivity index is 2.07. The second-order valence-corrected chi connectivity index (χ2v) is 3.84. The Morgan fingerprint density at radius 3 is 2.67 bits per heavy atom. The molecule has 0 saturated carbocycles. The molecular formula is C9H15NO2. The number of ketones is 1. The van der Waals surface area contributed by atoms with E-state index in [0.717, 1.165) is 25.9 Å². The van der Waals surface area contributed by atoms with Gasteiger partial charge in [-0.3, -0.25) is 4.79 Å². The van der Waals surface area contributed by atoms with Gasteiger partial charge in [-0.15, -0.1) is 0 Å². The van der Waals surface area contributed by atoms with E-state index < -0.39 is 0 Å². The summed E-state index contributed by atoms with van der Waals surface area (Å²) in [7, 11) is 0. The first kappa shape index (κ1) is 8.20. The fourth-order valence-electron chi connectivity index (χ4n) is 2.12. The lowest BCUT2D eigenvalue weighted by Crippen LogP contribution is -2.41. The summed E-state index contributed by atoms with van der Waals surface area (Å²) in [5.41, 5.74) is -0.0955. The van der Waals surface area contributed by atoms with E-state index in [1.165, 1.54) is 0 Å². The van der Waals surface area contributed by atoms with Crippen LogP contribution in [0.2, 0.25) is 0 Å². The van der Waals surface area contributed by atoms with Crippen LogP contribution in [0.4, 0.5) is 0 Å². The summed E-state index contributed by atoms with van der Waals surface area (Å²) in [5, 5.41) is 3.27. The predicted molar refractivity (Wildman–Crippen MR) is 45.0 cm³/mol. The Bertz CT molecular complexity index is 197. The Labute approximate surface area is 72.5 Å². The Morgan fingerprint density at radius 2 is 2.17 bits per heavy atom. The second kappa shape index (κ2) is 2.82. The third kappa shape index (κ3) is 1.27. The van der Waals surface area contributed by atoms with Crippen molar-refractivity contribution in [2.75, 3.05) is 13.1 Å². The minimum atomic E-state index is -0.164. The lowest BCUT2D eigenvalue weighted by molar-refractivity contribution is -0.122. The molecule has 3 nitrogen and oxygen atoms in total. The molecule has 0 aromatic heterocycles. The van der Waals surface area contributed by atoms with E-state index in [1.54, 1.807) is 0 Å². The molecule has 2 aliphatic rings. The lowest BCUT2D eigenvalue weighted by Gasteiger charge is -2.32. The van der Waals surface area contributed by atoms with Crippen molar-refractivity contribution in [1.82, 2.24) is 5.32 Å². The number of Topliss-reactive ketones (excluding diaryl/α,β-unsaturated/α-hetero) is 1. The molecule has 1 atom stereocenters. The number of nitrogens with one attached hydrogen (secondary N) is 1. The van der Waals surface area contributed by atoms with Crippen LogP contribution in [0.5, 0.6) is 0 Å². The van der Waals surface area contributed by atoms with Crippen LogP contribution in [0.15, 0.2) is 0 Å². The van der Waals surface area contributed by atoms with Crippen LogP contribution in [-0.2, 0) is 9.53 Å². The van der Waals surface area contributed by atoms with Gasteiger partial charge in [0.05, 0.1) is 5.60 Å². The van der Waals surface area contributed by atoms with Crippen LogP contribution < -0.4 is 5.32 Å². The second-order valence-electron chi connectivity index (χ2n) is 3.84. The van der Waals surface area contributed by atoms with Crippen LogP contribution in [0.25, 0.3) is 0 Å². The molecule has 1 spiro atoms. The summed E-state index contributed by atoms with van der Waals surface area (Å²) in [6, 6.07) is 0. The zero-order valence-corrected chi connectivity index (χ0v) is 7.43. The van der Waals surface area contributed by atoms with Crippen molar-refractivity contribution in [2.24, 2.45) is 0 Å². The zero-order chi connectivity index (χ0) is 8.60. The first-order valence-corrected chi connectivity index (χ1v) is 4.63. The highest BCUT2D eigenvalue weighted by molar-refractivity contribution is 5.85. The van der Waals surface area contributed by atoms with Crippen molar-refractivity contribution in [3.05, 3.63) is 0 Å². The van der Waals surface area contributed by atoms with Gasteiger partial charge in [-0.1, -0.05) is 0 Å². The summed E-state index contributed by atoms with van der Waals surface area (Å²) >= 11 is 0. The molecule has 2 fully saturated rings. The minimum absolute atomic E-state index is 0.0955. The van der Waals surface area contributed by atoms with E-state index in [1.807, 2.05) is 6.92 Å². The molecule has 2 saturated heterocycles. The number of piperidine rings is 1. The van der Waals surface area contributed by atoms with Crippen LogP contribution in [0.3, 0.4) is 0 Å². The van der Waals surface area contributed by atoms with E-state index >= 15 is 0 Å². The molecule has 2 rings (SSSR count). The summed E-state index contributed by atoms with van der Waals surface area (Å²) in [6.07, 6.45) is 2.45. The van der Waals surface area contributed by atoms with E-state index in [4.69, 9.17) is 4.74 Å². The van der Waals surface area contributed by atoms with Gasteiger partial charge >= 0.3 is 0 Å². The molecule has 12 heavy (non-hydrogen) atoms. The van der Waals surface area contributed by atoms with Crippen molar-refractivity contribution < 1.29 is 9.53 Å². The Kier molecular flexibility index (Phi) is 1.93. The van der Waals surface area contributed by atoms with Gasteiger partial charge in [-0.2, -0.15) is 0 Å². The first-order chi connectivity index (χ1) is 5.72. The number of rotatable bonds is 0. The summed E-state index contributed by atoms with van der Waals surface area (Å²) < 4.78 is 5.71. The molecule has 0 aromatic rings. The average molecular weight is 169 g/mol. The highest BCUT2D eigenvalue weighted by atomic mass is 16.5. The molecule has 1 N–H and O–H groups in total. The van der Waals surface area contributed by atoms with Gasteiger partial charge < -0.3 is 10.1 Å². The molecule has 2 aliphatic heterocycles. The molecular weight excluding hydrogens is 154 g/mol. The predicted octanol–water partition coefficient (Wildman–Crippen LogP) is 0.486. The molecule has 0 radical (unpaired) electrons. The van der Waals surface area contributed by atoms with Gasteiger partial charge in [-0.05, 0) is 32.9 Å². The zero-order valence-electron chi connectivity index (χ0n) is 7.43. The van der Waals surface area contributed by atoms with Crippen molar-refractivity contribution in [1.29, 1.82) is 0 Å². The van der Waals surface area contributed by atoms with Crippen LogP contribution in [-0.4, -0.2) is 30.6 Å². The van der Waals surface area contributed by atoms with Gasteiger partial charge in [0.25, 0.3) is 0 Å². The standard InChI is InChI=1S/C9H15NO2/c1-7-8(11)6-9(12-7)2-4-10-5-3-9/h7,10H,2-6H2,1H3. The largest absolute Gasteiger partial charge is 0.364 e. The lowest BCUT2D eigenvalue weighted by atomic mass is 9.89. The van der Waals surface area contributed by atoms with Crippen molar-refractivity contribution in [3.8, 4) is 0 Å². The smallest absolute Gasteiger partial charge is 0.164 e. The Hall–Kier alpha value is -0.410. The van der Waals surface area contributed by atoms with Gasteiger partial charge in [0, 0.05) is 6.42 Å². The fraction of sp³-hybridized carbons (Fsp3) is 0.889. The van der Waals surface area contributed by atoms with Crippen molar-refractivity contribution in [3.63, 3.8) is 0 Å². The summed E-state index contributed by atoms with van der Waals surface area (Å²) in [4.78, 5) is 11.3. The summed E-state index contributed by atoms with van der Waals surface area (Å²) in [5.74, 6) is 0.275. The van der Waals surface area contributed by atoms with E-state index in [9.17, 15) is 4.79 Å². The average Bonchev–Trinajstić information content (AvgIpc) is 2.29. The number of hydrogen-bond acceptors (Lipinski definition) is 3. The molecule has 68 valence electrons. The quantitative estimate of drug-likeness (QED) is 0.573. The number of hydrogen-bond donors (Lipinski definition) is 1. The number of carbonyl (C=O) groups excluding carboxylic acids is 1. The SMILES string of the molecule is CC1OC2(CCNCC2)CC1=O. The minimum Gasteiger partial charge on any atom is -0.364 e. The van der Waals surface area contributed by atoms with Gasteiger partial charge in [0.1, 0.15) is 6.10 Å². The van der Waals surface area contributed by atoms with Gasteiger partial charge in [0.15, 0.2) is 5.78 Å². The normalized spacial score (nSPS) is 34.4. The highest BCUT2D eigenvalue weighted by Gasteiger charge is 2.44. The van der Waals surface area contributed by atoms with E-state index in [-0.39, 0.29) is 17.5 Å². The van der Waals surface area contributed by atoms with Gasteiger partial charge in [-0.25, -0.2) is 0 Å². The number of carbonyl (C=O) groups is 1. The first-order valence-electron chi connectivity index (χ1n) is 4.63. The molecule has 1 unspecified atom stereocenters. The van der Waals surface area contributed by atoms with E-state index in [0.29, 0.717) is 6.42 Å². The van der Waals surface area contributed by atoms with Crippen LogP contribution in [0.1, 0.15) is 26.2 Å². The molecule has 0 amide bonds. The molecule has 0 bridgehead atoms. The molecule has 0 aliphatic carbocycles. The van der Waals surface area contributed by atoms with Crippen molar-refractivity contribution in [2.45, 2.75) is 37.9 Å². The maximum Gasteiger partial charge on any atom is 0.164 e. The fourth-order valence-corrected chi connectivity index (χ4v) is 2.12. The summed E-state index contributed by atoms with van der Waals surface area (Å²) in [6.45, 7) is 3.83. The highest BCUT2D eigenvalue weighted by Crippen LogP contribution is 2.34. The maximum absolute atomic E-state index is 11.3. The monoisotopic (exact) mass is 169 g/mol. The van der Waals surface area contributed by atoms with Crippen molar-refractivity contribution >= 4 is 5.78 Å². The van der Waals surface area contributed by atoms with Crippen LogP contribution >= 0.6 is 0 Å². The third-order valence-electron chi connectivity index (χ3n) is 2.89. The molecule has 2 heterocycles. The topological polar surface area (TPSA) is 38.3 Å². The maximum atomic E-state index is 11.3. The number of ether oxygens (including phenoxy) is 1. The third-order valence-corrected chi connectivity index (χ3v) is 2.89.